The highest BCUT2D eigenvalue weighted by atomic mass is 32.1. The van der Waals surface area contributed by atoms with Crippen LogP contribution >= 0.6 is 12.2 Å². The van der Waals surface area contributed by atoms with Crippen LogP contribution in [0.4, 0.5) is 11.5 Å². The zero-order valence-electron chi connectivity index (χ0n) is 18.7. The van der Waals surface area contributed by atoms with Crippen molar-refractivity contribution in [2.75, 3.05) is 24.4 Å². The molecule has 4 rings (SSSR count). The normalized spacial score (nSPS) is 15.8. The van der Waals surface area contributed by atoms with Crippen LogP contribution in [-0.4, -0.2) is 30.4 Å². The van der Waals surface area contributed by atoms with E-state index in [9.17, 15) is 4.79 Å². The maximum Gasteiger partial charge on any atom is 0.257 e. The minimum atomic E-state index is -0.508. The lowest BCUT2D eigenvalue weighted by molar-refractivity contribution is -0.113. The number of hydrogen-bond donors (Lipinski definition) is 2. The van der Waals surface area contributed by atoms with E-state index >= 15 is 0 Å². The molecular weight excluding hydrogens is 440 g/mol. The lowest BCUT2D eigenvalue weighted by atomic mass is 9.93. The number of thiocarbonyl (C=S) groups is 1. The molecule has 3 aromatic rings. The summed E-state index contributed by atoms with van der Waals surface area (Å²) in [5, 5.41) is 10.5. The van der Waals surface area contributed by atoms with Crippen LogP contribution in [0.1, 0.15) is 24.3 Å². The van der Waals surface area contributed by atoms with Gasteiger partial charge in [-0.3, -0.25) is 9.69 Å². The number of carbonyl (C=O) groups excluding carboxylic acids is 1. The Hall–Kier alpha value is -3.85. The predicted octanol–water partition coefficient (Wildman–Crippen LogP) is 4.35. The van der Waals surface area contributed by atoms with Crippen molar-refractivity contribution in [1.82, 2.24) is 10.5 Å². The number of ether oxygens (including phenoxy) is 2. The summed E-state index contributed by atoms with van der Waals surface area (Å²) in [6, 6.07) is 16.2. The van der Waals surface area contributed by atoms with Crippen molar-refractivity contribution in [2.45, 2.75) is 19.9 Å². The first-order valence-corrected chi connectivity index (χ1v) is 10.7. The molecule has 0 unspecified atom stereocenters. The molecule has 9 heteroatoms. The number of benzene rings is 2. The van der Waals surface area contributed by atoms with E-state index in [0.717, 1.165) is 11.3 Å². The number of allylic oxidation sites excluding steroid dienone is 1. The Kier molecular flexibility index (Phi) is 6.32. The van der Waals surface area contributed by atoms with Crippen molar-refractivity contribution in [2.24, 2.45) is 0 Å². The molecule has 1 aromatic heterocycles. The van der Waals surface area contributed by atoms with Crippen LogP contribution in [0.25, 0.3) is 0 Å². The fourth-order valence-electron chi connectivity index (χ4n) is 3.82. The van der Waals surface area contributed by atoms with Crippen LogP contribution in [0.15, 0.2) is 70.4 Å². The van der Waals surface area contributed by atoms with Crippen molar-refractivity contribution < 1.29 is 18.8 Å². The molecule has 0 bridgehead atoms. The first-order chi connectivity index (χ1) is 15.9. The maximum atomic E-state index is 13.5. The third-order valence-electron chi connectivity index (χ3n) is 5.35. The number of anilines is 2. The van der Waals surface area contributed by atoms with Gasteiger partial charge in [-0.25, -0.2) is 0 Å². The number of nitrogens with one attached hydrogen (secondary N) is 2. The van der Waals surface area contributed by atoms with Crippen LogP contribution < -0.4 is 25.0 Å². The van der Waals surface area contributed by atoms with Crippen molar-refractivity contribution in [3.05, 3.63) is 77.2 Å². The number of hydrogen-bond acceptors (Lipinski definition) is 6. The van der Waals surface area contributed by atoms with E-state index in [1.165, 1.54) is 0 Å². The molecule has 2 heterocycles. The average molecular weight is 465 g/mol. The van der Waals surface area contributed by atoms with E-state index in [1.807, 2.05) is 55.5 Å². The standard InChI is InChI=1S/C24H24N4O4S/c1-14-12-20(27-32-14)25-23(29)21-15(2)28(18-10-5-6-11-19(18)31-4)24(33)26-22(21)16-8-7-9-17(13-16)30-3/h5-13,22H,1-4H3,(H,26,33)(H,25,27,29)/t22-/m1/s1. The first-order valence-electron chi connectivity index (χ1n) is 10.3. The van der Waals surface area contributed by atoms with Gasteiger partial charge in [-0.15, -0.1) is 0 Å². The molecule has 0 radical (unpaired) electrons. The molecular formula is C24H24N4O4S. The van der Waals surface area contributed by atoms with E-state index in [0.29, 0.717) is 39.5 Å². The van der Waals surface area contributed by atoms with Crippen LogP contribution in [0.2, 0.25) is 0 Å². The summed E-state index contributed by atoms with van der Waals surface area (Å²) >= 11 is 5.74. The van der Waals surface area contributed by atoms with E-state index in [1.54, 1.807) is 32.1 Å². The van der Waals surface area contributed by atoms with Gasteiger partial charge in [0.1, 0.15) is 17.3 Å². The zero-order valence-corrected chi connectivity index (χ0v) is 19.5. The average Bonchev–Trinajstić information content (AvgIpc) is 3.23. The Labute approximate surface area is 197 Å². The highest BCUT2D eigenvalue weighted by molar-refractivity contribution is 7.80. The summed E-state index contributed by atoms with van der Waals surface area (Å²) in [5.74, 6) is 1.91. The lowest BCUT2D eigenvalue weighted by Crippen LogP contribution is -2.48. The second kappa shape index (κ2) is 9.33. The molecule has 2 N–H and O–H groups in total. The van der Waals surface area contributed by atoms with Gasteiger partial charge in [0, 0.05) is 11.8 Å². The van der Waals surface area contributed by atoms with Crippen molar-refractivity contribution in [3.8, 4) is 11.5 Å². The Morgan fingerprint density at radius 3 is 2.61 bits per heavy atom. The van der Waals surface area contributed by atoms with Gasteiger partial charge >= 0.3 is 0 Å². The quantitative estimate of drug-likeness (QED) is 0.521. The van der Waals surface area contributed by atoms with Crippen LogP contribution in [-0.2, 0) is 4.79 Å². The number of para-hydroxylation sites is 2. The van der Waals surface area contributed by atoms with E-state index in [2.05, 4.69) is 15.8 Å². The Morgan fingerprint density at radius 2 is 1.91 bits per heavy atom. The molecule has 8 nitrogen and oxygen atoms in total. The van der Waals surface area contributed by atoms with E-state index in [4.69, 9.17) is 26.2 Å². The van der Waals surface area contributed by atoms with E-state index < -0.39 is 6.04 Å². The SMILES string of the molecule is COc1cccc([C@H]2NC(=S)N(c3ccccc3OC)C(C)=C2C(=O)Nc2cc(C)on2)c1. The van der Waals surface area contributed by atoms with Gasteiger partial charge in [-0.05, 0) is 55.9 Å². The summed E-state index contributed by atoms with van der Waals surface area (Å²) < 4.78 is 16.0. The number of nitrogens with zero attached hydrogens (tertiary/aromatic N) is 2. The van der Waals surface area contributed by atoms with Crippen molar-refractivity contribution in [3.63, 3.8) is 0 Å². The Balaban J connectivity index is 1.84. The lowest BCUT2D eigenvalue weighted by Gasteiger charge is -2.38. The number of amides is 1. The third kappa shape index (κ3) is 4.40. The topological polar surface area (TPSA) is 88.9 Å². The molecule has 2 aromatic carbocycles. The van der Waals surface area contributed by atoms with Gasteiger partial charge in [0.25, 0.3) is 5.91 Å². The highest BCUT2D eigenvalue weighted by Crippen LogP contribution is 2.38. The first kappa shape index (κ1) is 22.3. The number of methoxy groups -OCH3 is 2. The van der Waals surface area contributed by atoms with Crippen LogP contribution in [0, 0.1) is 6.92 Å². The monoisotopic (exact) mass is 464 g/mol. The molecule has 170 valence electrons. The fraction of sp³-hybridized carbons (Fsp3) is 0.208. The number of aryl methyl sites for hydroxylation is 1. The fourth-order valence-corrected chi connectivity index (χ4v) is 4.18. The number of carbonyl (C=O) groups is 1. The zero-order chi connectivity index (χ0) is 23.5. The summed E-state index contributed by atoms with van der Waals surface area (Å²) in [7, 11) is 3.20. The molecule has 1 aliphatic rings. The number of aromatic nitrogens is 1. The molecule has 1 atom stereocenters. The summed E-state index contributed by atoms with van der Waals surface area (Å²) in [5.41, 5.74) is 2.69. The minimum Gasteiger partial charge on any atom is -0.497 e. The largest absolute Gasteiger partial charge is 0.497 e. The second-order valence-corrected chi connectivity index (χ2v) is 7.83. The Bertz CT molecular complexity index is 1240. The van der Waals surface area contributed by atoms with Gasteiger partial charge in [0.2, 0.25) is 0 Å². The molecule has 0 saturated heterocycles. The minimum absolute atomic E-state index is 0.330. The molecule has 1 amide bonds. The van der Waals surface area contributed by atoms with Gasteiger partial charge in [0.15, 0.2) is 10.9 Å². The number of rotatable bonds is 6. The van der Waals surface area contributed by atoms with Crippen LogP contribution in [0.3, 0.4) is 0 Å². The predicted molar refractivity (Wildman–Crippen MR) is 130 cm³/mol. The molecule has 0 saturated carbocycles. The van der Waals surface area contributed by atoms with Gasteiger partial charge < -0.3 is 24.6 Å². The van der Waals surface area contributed by atoms with Gasteiger partial charge in [0.05, 0.1) is 31.5 Å². The third-order valence-corrected chi connectivity index (χ3v) is 5.65. The molecule has 1 aliphatic heterocycles. The highest BCUT2D eigenvalue weighted by Gasteiger charge is 2.36. The molecule has 0 spiro atoms. The molecule has 0 aliphatic carbocycles. The maximum absolute atomic E-state index is 13.5. The summed E-state index contributed by atoms with van der Waals surface area (Å²) in [6.45, 7) is 3.62. The second-order valence-electron chi connectivity index (χ2n) is 7.44. The van der Waals surface area contributed by atoms with Gasteiger partial charge in [-0.1, -0.05) is 29.4 Å². The van der Waals surface area contributed by atoms with E-state index in [-0.39, 0.29) is 5.91 Å². The van der Waals surface area contributed by atoms with Crippen molar-refractivity contribution in [1.29, 1.82) is 0 Å². The summed E-state index contributed by atoms with van der Waals surface area (Å²) in [4.78, 5) is 15.3. The van der Waals surface area contributed by atoms with Crippen molar-refractivity contribution >= 4 is 34.7 Å². The van der Waals surface area contributed by atoms with Crippen LogP contribution in [0.5, 0.6) is 11.5 Å². The Morgan fingerprint density at radius 1 is 1.12 bits per heavy atom. The van der Waals surface area contributed by atoms with Gasteiger partial charge in [-0.2, -0.15) is 0 Å². The smallest absolute Gasteiger partial charge is 0.257 e. The summed E-state index contributed by atoms with van der Waals surface area (Å²) in [6.07, 6.45) is 0. The molecule has 0 fully saturated rings. The molecule has 33 heavy (non-hydrogen) atoms.